The number of urea groups is 1. The van der Waals surface area contributed by atoms with E-state index in [1.807, 2.05) is 18.7 Å². The summed E-state index contributed by atoms with van der Waals surface area (Å²) < 4.78 is 0. The molecule has 1 saturated heterocycles. The molecule has 2 aliphatic rings. The Bertz CT molecular complexity index is 404. The van der Waals surface area contributed by atoms with Crippen molar-refractivity contribution >= 4 is 6.03 Å². The number of β-amino-alcohol motifs (C(OH)–C–C–N with tert-alkyl or cyclic N) is 1. The lowest BCUT2D eigenvalue weighted by molar-refractivity contribution is 0.0119. The van der Waals surface area contributed by atoms with Gasteiger partial charge in [0.2, 0.25) is 0 Å². The van der Waals surface area contributed by atoms with Crippen LogP contribution in [0.1, 0.15) is 46.5 Å². The molecule has 1 aliphatic heterocycles. The normalized spacial score (nSPS) is 23.9. The second-order valence-electron chi connectivity index (χ2n) is 8.24. The Morgan fingerprint density at radius 1 is 1.29 bits per heavy atom. The first-order chi connectivity index (χ1) is 11.3. The van der Waals surface area contributed by atoms with Crippen LogP contribution >= 0.6 is 0 Å². The van der Waals surface area contributed by atoms with E-state index in [2.05, 4.69) is 29.1 Å². The number of carbonyl (C=O) groups excluding carboxylic acids is 1. The van der Waals surface area contributed by atoms with Crippen molar-refractivity contribution in [2.45, 2.75) is 64.1 Å². The van der Waals surface area contributed by atoms with Crippen molar-refractivity contribution < 1.29 is 9.90 Å². The maximum Gasteiger partial charge on any atom is 0.317 e. The van der Waals surface area contributed by atoms with Gasteiger partial charge in [0.15, 0.2) is 0 Å². The van der Waals surface area contributed by atoms with Gasteiger partial charge in [0.05, 0.1) is 5.60 Å². The van der Waals surface area contributed by atoms with E-state index in [4.69, 9.17) is 0 Å². The molecule has 6 heteroatoms. The lowest BCUT2D eigenvalue weighted by Crippen LogP contribution is -2.58. The molecule has 0 spiro atoms. The van der Waals surface area contributed by atoms with E-state index >= 15 is 0 Å². The predicted octanol–water partition coefficient (Wildman–Crippen LogP) is 1.35. The van der Waals surface area contributed by atoms with E-state index in [9.17, 15) is 9.90 Å². The molecule has 1 saturated carbocycles. The fourth-order valence-electron chi connectivity index (χ4n) is 3.99. The van der Waals surface area contributed by atoms with E-state index in [1.165, 1.54) is 25.7 Å². The molecule has 0 aromatic rings. The molecule has 0 aromatic heterocycles. The van der Waals surface area contributed by atoms with Gasteiger partial charge in [0.1, 0.15) is 0 Å². The van der Waals surface area contributed by atoms with Crippen LogP contribution in [0.5, 0.6) is 0 Å². The molecule has 2 amide bonds. The van der Waals surface area contributed by atoms with Gasteiger partial charge in [0, 0.05) is 51.4 Å². The number of likely N-dealkylation sites (N-methyl/N-ethyl adjacent to an activating group) is 1. The third kappa shape index (κ3) is 5.90. The highest BCUT2D eigenvalue weighted by atomic mass is 16.3. The monoisotopic (exact) mass is 340 g/mol. The average Bonchev–Trinajstić information content (AvgIpc) is 2.99. The van der Waals surface area contributed by atoms with Crippen molar-refractivity contribution in [3.05, 3.63) is 0 Å². The fourth-order valence-corrected chi connectivity index (χ4v) is 3.99. The van der Waals surface area contributed by atoms with Gasteiger partial charge >= 0.3 is 6.03 Å². The first-order valence-corrected chi connectivity index (χ1v) is 9.46. The molecule has 2 N–H and O–H groups in total. The van der Waals surface area contributed by atoms with Crippen LogP contribution in [-0.4, -0.2) is 89.8 Å². The number of piperazine rings is 1. The number of hydrogen-bond donors (Lipinski definition) is 2. The van der Waals surface area contributed by atoms with E-state index < -0.39 is 5.60 Å². The van der Waals surface area contributed by atoms with Gasteiger partial charge in [-0.25, -0.2) is 4.79 Å². The summed E-state index contributed by atoms with van der Waals surface area (Å²) in [6.45, 7) is 10.4. The summed E-state index contributed by atoms with van der Waals surface area (Å²) in [6, 6.07) is 0.921. The van der Waals surface area contributed by atoms with Crippen LogP contribution in [0.3, 0.4) is 0 Å². The molecule has 0 aromatic carbocycles. The van der Waals surface area contributed by atoms with Crippen LogP contribution in [0, 0.1) is 0 Å². The second kappa shape index (κ2) is 8.50. The van der Waals surface area contributed by atoms with Gasteiger partial charge in [0.25, 0.3) is 0 Å². The minimum absolute atomic E-state index is 0.0465. The number of rotatable bonds is 6. The van der Waals surface area contributed by atoms with Gasteiger partial charge in [-0.2, -0.15) is 0 Å². The van der Waals surface area contributed by atoms with Gasteiger partial charge < -0.3 is 20.2 Å². The molecule has 2 rings (SSSR count). The Balaban J connectivity index is 1.69. The Morgan fingerprint density at radius 2 is 1.96 bits per heavy atom. The third-order valence-electron chi connectivity index (χ3n) is 5.27. The molecular weight excluding hydrogens is 304 g/mol. The minimum Gasteiger partial charge on any atom is -0.389 e. The molecule has 140 valence electrons. The summed E-state index contributed by atoms with van der Waals surface area (Å²) in [5, 5.41) is 13.0. The number of nitrogens with one attached hydrogen (secondary N) is 1. The molecule has 1 atom stereocenters. The van der Waals surface area contributed by atoms with Crippen LogP contribution in [-0.2, 0) is 0 Å². The zero-order chi connectivity index (χ0) is 17.7. The highest BCUT2D eigenvalue weighted by Crippen LogP contribution is 2.21. The number of nitrogens with zero attached hydrogens (tertiary/aromatic N) is 3. The zero-order valence-corrected chi connectivity index (χ0v) is 15.9. The number of aliphatic hydroxyl groups is 1. The maximum absolute atomic E-state index is 12.4. The molecule has 0 radical (unpaired) electrons. The van der Waals surface area contributed by atoms with Gasteiger partial charge in [-0.3, -0.25) is 4.90 Å². The van der Waals surface area contributed by atoms with E-state index in [0.29, 0.717) is 19.1 Å². The molecule has 1 aliphatic carbocycles. The lowest BCUT2D eigenvalue weighted by atomic mass is 10.1. The van der Waals surface area contributed by atoms with Crippen molar-refractivity contribution in [3.63, 3.8) is 0 Å². The zero-order valence-electron chi connectivity index (χ0n) is 15.9. The Labute approximate surface area is 147 Å². The van der Waals surface area contributed by atoms with E-state index in [1.54, 1.807) is 0 Å². The quantitative estimate of drug-likeness (QED) is 0.766. The summed E-state index contributed by atoms with van der Waals surface area (Å²) in [6.07, 6.45) is 5.27. The molecule has 2 fully saturated rings. The van der Waals surface area contributed by atoms with Crippen molar-refractivity contribution in [2.75, 3.05) is 46.3 Å². The van der Waals surface area contributed by atoms with Crippen molar-refractivity contribution in [3.8, 4) is 0 Å². The Kier molecular flexibility index (Phi) is 6.89. The molecule has 0 bridgehead atoms. The number of hydrogen-bond acceptors (Lipinski definition) is 4. The summed E-state index contributed by atoms with van der Waals surface area (Å²) in [5.41, 5.74) is -0.686. The smallest absolute Gasteiger partial charge is 0.317 e. The number of amides is 2. The average molecular weight is 341 g/mol. The summed E-state index contributed by atoms with van der Waals surface area (Å²) in [4.78, 5) is 19.0. The molecule has 0 unspecified atom stereocenters. The van der Waals surface area contributed by atoms with Crippen LogP contribution < -0.4 is 5.32 Å². The van der Waals surface area contributed by atoms with Gasteiger partial charge in [-0.1, -0.05) is 12.8 Å². The largest absolute Gasteiger partial charge is 0.389 e. The van der Waals surface area contributed by atoms with Crippen LogP contribution in [0.15, 0.2) is 0 Å². The van der Waals surface area contributed by atoms with Crippen LogP contribution in [0.4, 0.5) is 4.79 Å². The lowest BCUT2D eigenvalue weighted by Gasteiger charge is -2.41. The number of carbonyl (C=O) groups is 1. The topological polar surface area (TPSA) is 59.1 Å². The maximum atomic E-state index is 12.4. The third-order valence-corrected chi connectivity index (χ3v) is 5.27. The van der Waals surface area contributed by atoms with Crippen LogP contribution in [0.2, 0.25) is 0 Å². The second-order valence-corrected chi connectivity index (χ2v) is 8.24. The van der Waals surface area contributed by atoms with E-state index in [0.717, 1.165) is 26.2 Å². The van der Waals surface area contributed by atoms with Gasteiger partial charge in [-0.05, 0) is 40.7 Å². The Morgan fingerprint density at radius 3 is 2.54 bits per heavy atom. The Hall–Kier alpha value is -0.850. The highest BCUT2D eigenvalue weighted by Gasteiger charge is 2.29. The first kappa shape index (κ1) is 19.5. The fraction of sp³-hybridized carbons (Fsp3) is 0.944. The predicted molar refractivity (Wildman–Crippen MR) is 97.2 cm³/mol. The molecule has 1 heterocycles. The summed E-state index contributed by atoms with van der Waals surface area (Å²) in [7, 11) is 2.17. The van der Waals surface area contributed by atoms with Crippen molar-refractivity contribution in [2.24, 2.45) is 0 Å². The molecule has 24 heavy (non-hydrogen) atoms. The van der Waals surface area contributed by atoms with Crippen LogP contribution in [0.25, 0.3) is 0 Å². The van der Waals surface area contributed by atoms with Gasteiger partial charge in [-0.15, -0.1) is 0 Å². The minimum atomic E-state index is -0.686. The van der Waals surface area contributed by atoms with Crippen molar-refractivity contribution in [1.29, 1.82) is 0 Å². The highest BCUT2D eigenvalue weighted by molar-refractivity contribution is 5.74. The first-order valence-electron chi connectivity index (χ1n) is 9.46. The summed E-state index contributed by atoms with van der Waals surface area (Å²) >= 11 is 0. The van der Waals surface area contributed by atoms with Crippen molar-refractivity contribution in [1.82, 2.24) is 20.0 Å². The standard InChI is InChI=1S/C18H36N4O2/c1-15-13-21(14-18(2,3)24)11-12-22(15)17(23)19-9-10-20(4)16-7-5-6-8-16/h15-16,24H,5-14H2,1-4H3,(H,19,23)/t15-/m0/s1. The molecular formula is C18H36N4O2. The van der Waals surface area contributed by atoms with E-state index in [-0.39, 0.29) is 12.1 Å². The SMILES string of the molecule is C[C@H]1CN(CC(C)(C)O)CCN1C(=O)NCCN(C)C1CCCC1. The summed E-state index contributed by atoms with van der Waals surface area (Å²) in [5.74, 6) is 0. The molecule has 6 nitrogen and oxygen atoms in total.